The van der Waals surface area contributed by atoms with Gasteiger partial charge in [0.05, 0.1) is 18.2 Å². The number of anilines is 1. The second kappa shape index (κ2) is 7.13. The average Bonchev–Trinajstić information content (AvgIpc) is 3.37. The van der Waals surface area contributed by atoms with Crippen LogP contribution in [0.2, 0.25) is 5.02 Å². The lowest BCUT2D eigenvalue weighted by molar-refractivity contribution is -0.124. The molecule has 0 bridgehead atoms. The summed E-state index contributed by atoms with van der Waals surface area (Å²) in [6, 6.07) is 17.7. The number of aromatic nitrogens is 2. The van der Waals surface area contributed by atoms with Crippen molar-refractivity contribution >= 4 is 45.3 Å². The van der Waals surface area contributed by atoms with Gasteiger partial charge >= 0.3 is 0 Å². The molecule has 1 fully saturated rings. The third kappa shape index (κ3) is 3.13. The topological polar surface area (TPSA) is 46.1 Å². The SMILES string of the molecule is O=C1CC(c2ccc(Cl)cc2)N1c1nc(-c2nc(-c3ccccc3)cs2)cs1. The zero-order valence-electron chi connectivity index (χ0n) is 14.6. The summed E-state index contributed by atoms with van der Waals surface area (Å²) < 4.78 is 0. The Labute approximate surface area is 175 Å². The normalized spacial score (nSPS) is 16.2. The van der Waals surface area contributed by atoms with Crippen molar-refractivity contribution in [3.63, 3.8) is 0 Å². The highest BCUT2D eigenvalue weighted by Crippen LogP contribution is 2.42. The molecule has 2 aromatic carbocycles. The number of β-lactam (4-membered cyclic amide) rings is 1. The molecule has 4 aromatic rings. The fraction of sp³-hybridized carbons (Fsp3) is 0.0952. The number of thiazole rings is 2. The van der Waals surface area contributed by atoms with Crippen LogP contribution in [0.1, 0.15) is 18.0 Å². The number of carbonyl (C=O) groups excluding carboxylic acids is 1. The number of nitrogens with zero attached hydrogens (tertiary/aromatic N) is 3. The van der Waals surface area contributed by atoms with E-state index in [2.05, 4.69) is 0 Å². The highest BCUT2D eigenvalue weighted by Gasteiger charge is 2.40. The number of carbonyl (C=O) groups is 1. The second-order valence-electron chi connectivity index (χ2n) is 6.45. The Morgan fingerprint density at radius 1 is 0.929 bits per heavy atom. The van der Waals surface area contributed by atoms with E-state index in [1.165, 1.54) is 11.3 Å². The van der Waals surface area contributed by atoms with E-state index in [0.29, 0.717) is 16.6 Å². The number of amides is 1. The summed E-state index contributed by atoms with van der Waals surface area (Å²) >= 11 is 9.02. The standard InChI is InChI=1S/C21H14ClN3OS2/c22-15-8-6-14(7-9-15)18-10-19(26)25(18)21-24-17(12-28-21)20-23-16(11-27-20)13-4-2-1-3-5-13/h1-9,11-12,18H,10H2. The Hall–Kier alpha value is -2.54. The third-order valence-corrected chi connectivity index (χ3v) is 6.65. The Morgan fingerprint density at radius 3 is 2.43 bits per heavy atom. The fourth-order valence-electron chi connectivity index (χ4n) is 3.21. The maximum absolute atomic E-state index is 12.3. The van der Waals surface area contributed by atoms with Crippen molar-refractivity contribution in [2.24, 2.45) is 0 Å². The molecular weight excluding hydrogens is 410 g/mol. The molecule has 0 radical (unpaired) electrons. The van der Waals surface area contributed by atoms with Crippen LogP contribution in [0.5, 0.6) is 0 Å². The van der Waals surface area contributed by atoms with E-state index in [4.69, 9.17) is 21.6 Å². The van der Waals surface area contributed by atoms with E-state index in [9.17, 15) is 4.79 Å². The van der Waals surface area contributed by atoms with Crippen LogP contribution in [0.25, 0.3) is 22.0 Å². The maximum atomic E-state index is 12.3. The molecular formula is C21H14ClN3OS2. The van der Waals surface area contributed by atoms with E-state index in [1.807, 2.05) is 65.4 Å². The number of halogens is 1. The number of benzene rings is 2. The maximum Gasteiger partial charge on any atom is 0.231 e. The van der Waals surface area contributed by atoms with Crippen LogP contribution in [0.3, 0.4) is 0 Å². The molecule has 1 aliphatic rings. The highest BCUT2D eigenvalue weighted by atomic mass is 35.5. The lowest BCUT2D eigenvalue weighted by Crippen LogP contribution is -2.46. The van der Waals surface area contributed by atoms with Crippen molar-refractivity contribution in [1.82, 2.24) is 9.97 Å². The van der Waals surface area contributed by atoms with Gasteiger partial charge in [0.2, 0.25) is 5.91 Å². The molecule has 0 saturated carbocycles. The van der Waals surface area contributed by atoms with Crippen molar-refractivity contribution < 1.29 is 4.79 Å². The molecule has 4 nitrogen and oxygen atoms in total. The van der Waals surface area contributed by atoms with E-state index in [0.717, 1.165) is 27.5 Å². The summed E-state index contributed by atoms with van der Waals surface area (Å²) in [5, 5.41) is 6.26. The zero-order chi connectivity index (χ0) is 19.1. The van der Waals surface area contributed by atoms with Crippen molar-refractivity contribution in [2.45, 2.75) is 12.5 Å². The van der Waals surface area contributed by atoms with Crippen molar-refractivity contribution in [3.05, 3.63) is 75.9 Å². The van der Waals surface area contributed by atoms with Gasteiger partial charge in [-0.1, -0.05) is 54.1 Å². The number of rotatable bonds is 4. The van der Waals surface area contributed by atoms with Gasteiger partial charge in [0.1, 0.15) is 10.7 Å². The zero-order valence-corrected chi connectivity index (χ0v) is 17.0. The van der Waals surface area contributed by atoms with Crippen molar-refractivity contribution in [3.8, 4) is 22.0 Å². The molecule has 28 heavy (non-hydrogen) atoms. The van der Waals surface area contributed by atoms with Gasteiger partial charge in [0.25, 0.3) is 0 Å². The lowest BCUT2D eigenvalue weighted by Gasteiger charge is -2.38. The van der Waals surface area contributed by atoms with Crippen molar-refractivity contribution in [2.75, 3.05) is 4.90 Å². The second-order valence-corrected chi connectivity index (χ2v) is 8.59. The van der Waals surface area contributed by atoms with Crippen LogP contribution in [-0.2, 0) is 4.79 Å². The molecule has 5 rings (SSSR count). The molecule has 0 aliphatic carbocycles. The minimum absolute atomic E-state index is 0.0138. The molecule has 0 spiro atoms. The quantitative estimate of drug-likeness (QED) is 0.374. The predicted molar refractivity (Wildman–Crippen MR) is 115 cm³/mol. The minimum Gasteiger partial charge on any atom is -0.280 e. The smallest absolute Gasteiger partial charge is 0.231 e. The van der Waals surface area contributed by atoms with E-state index >= 15 is 0 Å². The Morgan fingerprint density at radius 2 is 1.68 bits per heavy atom. The molecule has 1 unspecified atom stereocenters. The molecule has 3 heterocycles. The van der Waals surface area contributed by atoms with Gasteiger partial charge in [0.15, 0.2) is 5.13 Å². The van der Waals surface area contributed by atoms with Crippen LogP contribution >= 0.6 is 34.3 Å². The van der Waals surface area contributed by atoms with Crippen molar-refractivity contribution in [1.29, 1.82) is 0 Å². The van der Waals surface area contributed by atoms with Gasteiger partial charge in [0, 0.05) is 21.3 Å². The largest absolute Gasteiger partial charge is 0.280 e. The Kier molecular flexibility index (Phi) is 4.47. The molecule has 1 saturated heterocycles. The molecule has 1 atom stereocenters. The summed E-state index contributed by atoms with van der Waals surface area (Å²) in [4.78, 5) is 23.5. The van der Waals surface area contributed by atoms with Gasteiger partial charge in [-0.3, -0.25) is 9.69 Å². The summed E-state index contributed by atoms with van der Waals surface area (Å²) in [6.07, 6.45) is 0.492. The fourth-order valence-corrected chi connectivity index (χ4v) is 5.08. The first kappa shape index (κ1) is 17.6. The molecule has 1 aliphatic heterocycles. The summed E-state index contributed by atoms with van der Waals surface area (Å²) in [7, 11) is 0. The van der Waals surface area contributed by atoms with Gasteiger partial charge in [-0.2, -0.15) is 0 Å². The van der Waals surface area contributed by atoms with E-state index < -0.39 is 0 Å². The number of hydrogen-bond acceptors (Lipinski definition) is 5. The van der Waals surface area contributed by atoms with Crippen LogP contribution < -0.4 is 4.90 Å². The third-order valence-electron chi connectivity index (χ3n) is 4.69. The molecule has 138 valence electrons. The van der Waals surface area contributed by atoms with Gasteiger partial charge in [-0.25, -0.2) is 9.97 Å². The van der Waals surface area contributed by atoms with Gasteiger partial charge in [-0.05, 0) is 17.7 Å². The van der Waals surface area contributed by atoms with Gasteiger partial charge < -0.3 is 0 Å². The summed E-state index contributed by atoms with van der Waals surface area (Å²) in [6.45, 7) is 0. The van der Waals surface area contributed by atoms with Gasteiger partial charge in [-0.15, -0.1) is 22.7 Å². The predicted octanol–water partition coefficient (Wildman–Crippen LogP) is 6.07. The Bertz CT molecular complexity index is 1140. The molecule has 0 N–H and O–H groups in total. The highest BCUT2D eigenvalue weighted by molar-refractivity contribution is 7.16. The molecule has 1 amide bonds. The first-order valence-electron chi connectivity index (χ1n) is 8.73. The summed E-state index contributed by atoms with van der Waals surface area (Å²) in [5.41, 5.74) is 3.90. The lowest BCUT2D eigenvalue weighted by atomic mass is 9.95. The summed E-state index contributed by atoms with van der Waals surface area (Å²) in [5.74, 6) is 0.0879. The monoisotopic (exact) mass is 423 g/mol. The first-order chi connectivity index (χ1) is 13.7. The average molecular weight is 424 g/mol. The Balaban J connectivity index is 1.41. The van der Waals surface area contributed by atoms with E-state index in [1.54, 1.807) is 16.2 Å². The molecule has 7 heteroatoms. The molecule has 2 aromatic heterocycles. The number of hydrogen-bond donors (Lipinski definition) is 0. The first-order valence-corrected chi connectivity index (χ1v) is 10.9. The van der Waals surface area contributed by atoms with Crippen LogP contribution in [0, 0.1) is 0 Å². The van der Waals surface area contributed by atoms with Crippen LogP contribution in [-0.4, -0.2) is 15.9 Å². The minimum atomic E-state index is 0.0138. The van der Waals surface area contributed by atoms with Crippen LogP contribution in [0.15, 0.2) is 65.4 Å². The van der Waals surface area contributed by atoms with Crippen LogP contribution in [0.4, 0.5) is 5.13 Å². The van der Waals surface area contributed by atoms with E-state index in [-0.39, 0.29) is 11.9 Å².